The number of aryl methyl sites for hydroxylation is 2. The lowest BCUT2D eigenvalue weighted by Gasteiger charge is -2.24. The molecule has 0 aliphatic carbocycles. The first kappa shape index (κ1) is 19.6. The van der Waals surface area contributed by atoms with Gasteiger partial charge in [-0.25, -0.2) is 4.79 Å². The average molecular weight is 405 g/mol. The lowest BCUT2D eigenvalue weighted by atomic mass is 9.88. The minimum Gasteiger partial charge on any atom is -0.321 e. The summed E-state index contributed by atoms with van der Waals surface area (Å²) in [6, 6.07) is 12.7. The third kappa shape index (κ3) is 3.01. The van der Waals surface area contributed by atoms with Crippen LogP contribution in [0, 0.1) is 13.8 Å². The van der Waals surface area contributed by atoms with Crippen molar-refractivity contribution in [2.45, 2.75) is 26.3 Å². The van der Waals surface area contributed by atoms with E-state index in [4.69, 9.17) is 0 Å². The minimum atomic E-state index is -1.25. The van der Waals surface area contributed by atoms with E-state index >= 15 is 0 Å². The van der Waals surface area contributed by atoms with E-state index in [1.807, 2.05) is 49.4 Å². The number of hydrogen-bond acceptors (Lipinski definition) is 4. The number of aromatic nitrogens is 2. The molecule has 0 spiro atoms. The van der Waals surface area contributed by atoms with Crippen molar-refractivity contribution in [1.29, 1.82) is 0 Å². The number of fused-ring (bicyclic) bond motifs is 1. The Kier molecular flexibility index (Phi) is 4.57. The molecule has 4 rings (SSSR count). The van der Waals surface area contributed by atoms with Crippen LogP contribution in [0.5, 0.6) is 0 Å². The monoisotopic (exact) mass is 405 g/mol. The number of imide groups is 1. The maximum atomic E-state index is 13.3. The zero-order valence-electron chi connectivity index (χ0n) is 17.3. The van der Waals surface area contributed by atoms with Crippen LogP contribution in [0.2, 0.25) is 0 Å². The van der Waals surface area contributed by atoms with E-state index in [0.717, 1.165) is 21.4 Å². The summed E-state index contributed by atoms with van der Waals surface area (Å²) < 4.78 is 1.66. The van der Waals surface area contributed by atoms with Gasteiger partial charge in [0, 0.05) is 7.05 Å². The molecule has 1 aromatic heterocycles. The van der Waals surface area contributed by atoms with Crippen molar-refractivity contribution in [3.63, 3.8) is 0 Å². The van der Waals surface area contributed by atoms with Crippen molar-refractivity contribution in [1.82, 2.24) is 20.0 Å². The Labute approximate surface area is 173 Å². The molecule has 1 saturated heterocycles. The predicted molar refractivity (Wildman–Crippen MR) is 113 cm³/mol. The fourth-order valence-electron chi connectivity index (χ4n) is 3.96. The number of hydrogen-bond donors (Lipinski definition) is 2. The van der Waals surface area contributed by atoms with Gasteiger partial charge >= 0.3 is 6.03 Å². The van der Waals surface area contributed by atoms with E-state index in [-0.39, 0.29) is 6.54 Å². The van der Waals surface area contributed by atoms with Crippen LogP contribution in [-0.4, -0.2) is 39.1 Å². The third-order valence-corrected chi connectivity index (χ3v) is 5.68. The van der Waals surface area contributed by atoms with Crippen LogP contribution in [0.15, 0.2) is 42.5 Å². The second-order valence-corrected chi connectivity index (χ2v) is 7.69. The van der Waals surface area contributed by atoms with Crippen LogP contribution in [-0.2, 0) is 22.2 Å². The fraction of sp³-hybridized carbons (Fsp3) is 0.273. The predicted octanol–water partition coefficient (Wildman–Crippen LogP) is 2.60. The lowest BCUT2D eigenvalue weighted by molar-refractivity contribution is -0.133. The van der Waals surface area contributed by atoms with Crippen molar-refractivity contribution in [3.05, 3.63) is 59.4 Å². The Balaban J connectivity index is 1.60. The molecule has 3 aromatic rings. The van der Waals surface area contributed by atoms with E-state index in [1.165, 1.54) is 0 Å². The SMILES string of the molecule is Cc1nn(C)c(C)c1NC(=O)CN1C(=O)N[C@@](C)(c2cccc3ccccc23)C1=O. The Morgan fingerprint density at radius 2 is 1.83 bits per heavy atom. The second-order valence-electron chi connectivity index (χ2n) is 7.69. The Morgan fingerprint density at radius 1 is 1.13 bits per heavy atom. The summed E-state index contributed by atoms with van der Waals surface area (Å²) >= 11 is 0. The summed E-state index contributed by atoms with van der Waals surface area (Å²) in [5, 5.41) is 11.7. The molecule has 4 amide bonds. The van der Waals surface area contributed by atoms with Crippen molar-refractivity contribution in [3.8, 4) is 0 Å². The van der Waals surface area contributed by atoms with Gasteiger partial charge in [-0.2, -0.15) is 5.10 Å². The number of amides is 4. The van der Waals surface area contributed by atoms with Crippen LogP contribution in [0.3, 0.4) is 0 Å². The molecular weight excluding hydrogens is 382 g/mol. The molecule has 1 aliphatic rings. The first-order valence-electron chi connectivity index (χ1n) is 9.65. The van der Waals surface area contributed by atoms with Gasteiger partial charge in [-0.15, -0.1) is 0 Å². The van der Waals surface area contributed by atoms with Gasteiger partial charge in [0.1, 0.15) is 12.1 Å². The number of carbonyl (C=O) groups excluding carboxylic acids is 3. The number of urea groups is 1. The van der Waals surface area contributed by atoms with Gasteiger partial charge in [0.2, 0.25) is 5.91 Å². The van der Waals surface area contributed by atoms with Crippen molar-refractivity contribution in [2.75, 3.05) is 11.9 Å². The number of anilines is 1. The highest BCUT2D eigenvalue weighted by Crippen LogP contribution is 2.33. The molecule has 30 heavy (non-hydrogen) atoms. The highest BCUT2D eigenvalue weighted by atomic mass is 16.2. The minimum absolute atomic E-state index is 0.376. The van der Waals surface area contributed by atoms with Crippen LogP contribution in [0.4, 0.5) is 10.5 Å². The summed E-state index contributed by atoms with van der Waals surface area (Å²) in [7, 11) is 1.78. The van der Waals surface area contributed by atoms with E-state index in [2.05, 4.69) is 15.7 Å². The van der Waals surface area contributed by atoms with Gasteiger partial charge in [-0.1, -0.05) is 42.5 Å². The van der Waals surface area contributed by atoms with Crippen molar-refractivity contribution >= 4 is 34.3 Å². The second kappa shape index (κ2) is 6.98. The quantitative estimate of drug-likeness (QED) is 0.652. The average Bonchev–Trinajstić information content (AvgIpc) is 3.08. The van der Waals surface area contributed by atoms with Crippen molar-refractivity contribution < 1.29 is 14.4 Å². The zero-order valence-corrected chi connectivity index (χ0v) is 17.3. The molecule has 0 radical (unpaired) electrons. The maximum Gasteiger partial charge on any atom is 0.325 e. The molecule has 2 heterocycles. The van der Waals surface area contributed by atoms with E-state index in [0.29, 0.717) is 16.9 Å². The molecule has 0 bridgehead atoms. The topological polar surface area (TPSA) is 96.3 Å². The molecule has 0 saturated carbocycles. The molecule has 1 aliphatic heterocycles. The number of nitrogens with one attached hydrogen (secondary N) is 2. The summed E-state index contributed by atoms with van der Waals surface area (Å²) in [6.45, 7) is 4.91. The van der Waals surface area contributed by atoms with Gasteiger partial charge < -0.3 is 10.6 Å². The molecule has 2 N–H and O–H groups in total. The number of nitrogens with zero attached hydrogens (tertiary/aromatic N) is 3. The summed E-state index contributed by atoms with van der Waals surface area (Å²) in [4.78, 5) is 39.5. The summed E-state index contributed by atoms with van der Waals surface area (Å²) in [5.41, 5.74) is 1.49. The normalized spacial score (nSPS) is 18.7. The highest BCUT2D eigenvalue weighted by Gasteiger charge is 2.50. The van der Waals surface area contributed by atoms with E-state index < -0.39 is 23.4 Å². The molecule has 1 atom stereocenters. The van der Waals surface area contributed by atoms with Crippen molar-refractivity contribution in [2.24, 2.45) is 7.05 Å². The van der Waals surface area contributed by atoms with Gasteiger partial charge in [0.25, 0.3) is 5.91 Å². The highest BCUT2D eigenvalue weighted by molar-refractivity contribution is 6.11. The van der Waals surface area contributed by atoms with Crippen LogP contribution in [0.1, 0.15) is 23.9 Å². The van der Waals surface area contributed by atoms with Gasteiger partial charge in [0.05, 0.1) is 17.1 Å². The Bertz CT molecular complexity index is 1190. The van der Waals surface area contributed by atoms with Gasteiger partial charge in [-0.05, 0) is 37.1 Å². The number of rotatable bonds is 4. The molecule has 8 heteroatoms. The van der Waals surface area contributed by atoms with Crippen LogP contribution < -0.4 is 10.6 Å². The van der Waals surface area contributed by atoms with Gasteiger partial charge in [0.15, 0.2) is 0 Å². The third-order valence-electron chi connectivity index (χ3n) is 5.68. The maximum absolute atomic E-state index is 13.3. The van der Waals surface area contributed by atoms with Crippen LogP contribution >= 0.6 is 0 Å². The fourth-order valence-corrected chi connectivity index (χ4v) is 3.96. The molecule has 2 aromatic carbocycles. The molecule has 1 fully saturated rings. The van der Waals surface area contributed by atoms with E-state index in [9.17, 15) is 14.4 Å². The zero-order chi connectivity index (χ0) is 21.6. The smallest absolute Gasteiger partial charge is 0.321 e. The molecule has 154 valence electrons. The van der Waals surface area contributed by atoms with Gasteiger partial charge in [-0.3, -0.25) is 19.2 Å². The summed E-state index contributed by atoms with van der Waals surface area (Å²) in [5.74, 6) is -0.918. The Morgan fingerprint density at radius 3 is 2.53 bits per heavy atom. The largest absolute Gasteiger partial charge is 0.325 e. The first-order chi connectivity index (χ1) is 14.2. The number of benzene rings is 2. The lowest BCUT2D eigenvalue weighted by Crippen LogP contribution is -2.42. The summed E-state index contributed by atoms with van der Waals surface area (Å²) in [6.07, 6.45) is 0. The standard InChI is InChI=1S/C22H23N5O3/c1-13-19(14(2)26(4)25-13)23-18(28)12-27-20(29)22(3,24-21(27)30)17-11-7-9-15-8-5-6-10-16(15)17/h5-11H,12H2,1-4H3,(H,23,28)(H,24,30)/t22-/m0/s1. The molecule has 8 nitrogen and oxygen atoms in total. The molecular formula is C22H23N5O3. The first-order valence-corrected chi connectivity index (χ1v) is 9.65. The van der Waals surface area contributed by atoms with Crippen LogP contribution in [0.25, 0.3) is 10.8 Å². The molecule has 0 unspecified atom stereocenters. The van der Waals surface area contributed by atoms with E-state index in [1.54, 1.807) is 25.6 Å². The number of carbonyl (C=O) groups is 3. The Hall–Kier alpha value is -3.68.